The van der Waals surface area contributed by atoms with Gasteiger partial charge in [-0.05, 0) is 51.3 Å². The van der Waals surface area contributed by atoms with Crippen LogP contribution in [0.4, 0.5) is 4.79 Å². The van der Waals surface area contributed by atoms with E-state index < -0.39 is 35.2 Å². The predicted octanol–water partition coefficient (Wildman–Crippen LogP) is 3.32. The van der Waals surface area contributed by atoms with Gasteiger partial charge in [0, 0.05) is 12.7 Å². The van der Waals surface area contributed by atoms with Crippen molar-refractivity contribution in [2.75, 3.05) is 6.54 Å². The number of aliphatic carboxylic acids is 1. The van der Waals surface area contributed by atoms with Gasteiger partial charge in [0.15, 0.2) is 0 Å². The molecule has 178 valence electrons. The van der Waals surface area contributed by atoms with Crippen molar-refractivity contribution in [2.24, 2.45) is 0 Å². The molecule has 10 heteroatoms. The molecule has 2 amide bonds. The van der Waals surface area contributed by atoms with Gasteiger partial charge in [0.05, 0.1) is 0 Å². The van der Waals surface area contributed by atoms with Gasteiger partial charge in [0.1, 0.15) is 21.3 Å². The molecule has 0 aliphatic heterocycles. The first-order chi connectivity index (χ1) is 15.5. The van der Waals surface area contributed by atoms with Crippen molar-refractivity contribution in [3.63, 3.8) is 0 Å². The third-order valence-corrected chi connectivity index (χ3v) is 5.80. The summed E-state index contributed by atoms with van der Waals surface area (Å²) in [7, 11) is 0. The quantitative estimate of drug-likeness (QED) is 0.242. The monoisotopic (exact) mass is 569 g/mol. The molecule has 0 fully saturated rings. The number of rotatable bonds is 9. The summed E-state index contributed by atoms with van der Waals surface area (Å²) in [6.45, 7) is 5.39. The Balaban J connectivity index is 2.02. The van der Waals surface area contributed by atoms with Crippen molar-refractivity contribution in [3.8, 4) is 0 Å². The number of ether oxygens (including phenoxy) is 1. The smallest absolute Gasteiger partial charge is 0.407 e. The van der Waals surface area contributed by atoms with Crippen LogP contribution in [0.1, 0.15) is 53.6 Å². The van der Waals surface area contributed by atoms with E-state index in [1.54, 1.807) is 33.0 Å². The lowest BCUT2D eigenvalue weighted by molar-refractivity contribution is -0.139. The van der Waals surface area contributed by atoms with Gasteiger partial charge in [-0.3, -0.25) is 14.2 Å². The molecule has 0 saturated carbocycles. The molecule has 2 atom stereocenters. The second-order valence-corrected chi connectivity index (χ2v) is 9.50. The number of hydrogen-bond donors (Lipinski definition) is 3. The Bertz CT molecular complexity index is 1030. The van der Waals surface area contributed by atoms with Crippen LogP contribution in [0.2, 0.25) is 0 Å². The molecule has 9 nitrogen and oxygen atoms in total. The van der Waals surface area contributed by atoms with Crippen molar-refractivity contribution >= 4 is 40.6 Å². The Morgan fingerprint density at radius 1 is 1.12 bits per heavy atom. The van der Waals surface area contributed by atoms with Crippen LogP contribution in [-0.4, -0.2) is 45.8 Å². The minimum Gasteiger partial charge on any atom is -0.480 e. The van der Waals surface area contributed by atoms with E-state index in [1.807, 2.05) is 30.3 Å². The van der Waals surface area contributed by atoms with Gasteiger partial charge in [0.25, 0.3) is 11.5 Å². The van der Waals surface area contributed by atoms with Crippen molar-refractivity contribution < 1.29 is 24.2 Å². The molecular formula is C23H28IN3O6. The van der Waals surface area contributed by atoms with Gasteiger partial charge in [-0.25, -0.2) is 9.59 Å². The standard InChI is InChI=1S/C23H28IN3O6/c1-23(2,3)33-22(32)25-13-7-12-17(21(30)31)26-19(28)16-11-8-14-27(20(16)29)18(24)15-9-5-4-6-10-15/h4-6,8-11,14,17-18H,7,12-13H2,1-3H3,(H,25,32)(H,26,28)(H,30,31)/t17-,18?/m0/s1. The zero-order valence-electron chi connectivity index (χ0n) is 18.7. The maximum atomic E-state index is 12.9. The first-order valence-electron chi connectivity index (χ1n) is 10.4. The Morgan fingerprint density at radius 3 is 2.39 bits per heavy atom. The Labute approximate surface area is 205 Å². The number of alkyl halides is 1. The number of carboxylic acid groups (broad SMARTS) is 1. The molecule has 1 aromatic heterocycles. The highest BCUT2D eigenvalue weighted by molar-refractivity contribution is 14.1. The molecule has 3 N–H and O–H groups in total. The highest BCUT2D eigenvalue weighted by atomic mass is 127. The molecule has 2 aromatic rings. The number of hydrogen-bond acceptors (Lipinski definition) is 5. The van der Waals surface area contributed by atoms with Crippen LogP contribution in [0.3, 0.4) is 0 Å². The van der Waals surface area contributed by atoms with Gasteiger partial charge < -0.3 is 20.5 Å². The number of benzene rings is 1. The van der Waals surface area contributed by atoms with Crippen LogP contribution >= 0.6 is 22.6 Å². The highest BCUT2D eigenvalue weighted by Gasteiger charge is 2.23. The summed E-state index contributed by atoms with van der Waals surface area (Å²) in [5.74, 6) is -1.99. The number of pyridine rings is 1. The topological polar surface area (TPSA) is 127 Å². The number of carboxylic acids is 1. The average Bonchev–Trinajstić information content (AvgIpc) is 2.74. The van der Waals surface area contributed by atoms with Crippen LogP contribution in [0.25, 0.3) is 0 Å². The number of halogens is 1. The fraction of sp³-hybridized carbons (Fsp3) is 0.391. The second kappa shape index (κ2) is 11.8. The lowest BCUT2D eigenvalue weighted by Crippen LogP contribution is -2.43. The van der Waals surface area contributed by atoms with Crippen LogP contribution < -0.4 is 16.2 Å². The highest BCUT2D eigenvalue weighted by Crippen LogP contribution is 2.23. The molecule has 33 heavy (non-hydrogen) atoms. The van der Waals surface area contributed by atoms with Gasteiger partial charge in [-0.15, -0.1) is 0 Å². The fourth-order valence-corrected chi connectivity index (χ4v) is 3.79. The third kappa shape index (κ3) is 8.19. The Kier molecular flexibility index (Phi) is 9.44. The molecule has 0 spiro atoms. The third-order valence-electron chi connectivity index (χ3n) is 4.48. The van der Waals surface area contributed by atoms with Crippen LogP contribution in [0.5, 0.6) is 0 Å². The Hall–Kier alpha value is -2.89. The van der Waals surface area contributed by atoms with Crippen LogP contribution in [0, 0.1) is 0 Å². The fourth-order valence-electron chi connectivity index (χ4n) is 2.94. The first-order valence-corrected chi connectivity index (χ1v) is 11.6. The number of amides is 2. The molecule has 0 saturated heterocycles. The van der Waals surface area contributed by atoms with E-state index in [0.29, 0.717) is 6.42 Å². The molecule has 0 radical (unpaired) electrons. The SMILES string of the molecule is CC(C)(C)OC(=O)NCCC[C@H](NC(=O)c1cccn(C(I)c2ccccc2)c1=O)C(=O)O. The average molecular weight is 569 g/mol. The molecule has 1 heterocycles. The molecule has 1 aromatic carbocycles. The largest absolute Gasteiger partial charge is 0.480 e. The van der Waals surface area contributed by atoms with E-state index in [0.717, 1.165) is 5.56 Å². The zero-order valence-corrected chi connectivity index (χ0v) is 20.9. The number of nitrogens with one attached hydrogen (secondary N) is 2. The molecule has 0 bridgehead atoms. The van der Waals surface area contributed by atoms with Crippen molar-refractivity contribution in [2.45, 2.75) is 49.3 Å². The summed E-state index contributed by atoms with van der Waals surface area (Å²) < 4.78 is 6.20. The maximum absolute atomic E-state index is 12.9. The number of carbonyl (C=O) groups excluding carboxylic acids is 2. The van der Waals surface area contributed by atoms with Gasteiger partial charge in [-0.1, -0.05) is 52.9 Å². The van der Waals surface area contributed by atoms with Crippen molar-refractivity contribution in [3.05, 3.63) is 70.1 Å². The van der Waals surface area contributed by atoms with Gasteiger partial charge in [0.2, 0.25) is 0 Å². The first kappa shape index (κ1) is 26.4. The minimum absolute atomic E-state index is 0.0663. The Morgan fingerprint density at radius 2 is 1.79 bits per heavy atom. The van der Waals surface area contributed by atoms with Crippen molar-refractivity contribution in [1.82, 2.24) is 15.2 Å². The number of alkyl carbamates (subject to hydrolysis) is 1. The van der Waals surface area contributed by atoms with Gasteiger partial charge in [-0.2, -0.15) is 0 Å². The number of carbonyl (C=O) groups is 3. The molecule has 0 aliphatic rings. The summed E-state index contributed by atoms with van der Waals surface area (Å²) in [4.78, 5) is 48.9. The molecule has 0 aliphatic carbocycles. The van der Waals surface area contributed by atoms with E-state index in [1.165, 1.54) is 10.6 Å². The van der Waals surface area contributed by atoms with Crippen molar-refractivity contribution in [1.29, 1.82) is 0 Å². The number of nitrogens with zero attached hydrogens (tertiary/aromatic N) is 1. The molecule has 2 rings (SSSR count). The zero-order chi connectivity index (χ0) is 24.6. The summed E-state index contributed by atoms with van der Waals surface area (Å²) in [6, 6.07) is 11.1. The lowest BCUT2D eigenvalue weighted by atomic mass is 10.1. The predicted molar refractivity (Wildman–Crippen MR) is 132 cm³/mol. The second-order valence-electron chi connectivity index (χ2n) is 8.32. The maximum Gasteiger partial charge on any atom is 0.407 e. The lowest BCUT2D eigenvalue weighted by Gasteiger charge is -2.20. The molecular weight excluding hydrogens is 541 g/mol. The summed E-state index contributed by atoms with van der Waals surface area (Å²) in [5.41, 5.74) is -0.414. The summed E-state index contributed by atoms with van der Waals surface area (Å²) >= 11 is 2.10. The van der Waals surface area contributed by atoms with E-state index in [9.17, 15) is 24.3 Å². The minimum atomic E-state index is -1.23. The number of aromatic nitrogens is 1. The van der Waals surface area contributed by atoms with E-state index in [4.69, 9.17) is 4.74 Å². The summed E-state index contributed by atoms with van der Waals surface area (Å²) in [5, 5.41) is 14.4. The molecule has 1 unspecified atom stereocenters. The van der Waals surface area contributed by atoms with E-state index in [-0.39, 0.29) is 22.6 Å². The summed E-state index contributed by atoms with van der Waals surface area (Å²) in [6.07, 6.45) is 1.34. The van der Waals surface area contributed by atoms with Gasteiger partial charge >= 0.3 is 12.1 Å². The van der Waals surface area contributed by atoms with Crippen LogP contribution in [0.15, 0.2) is 53.5 Å². The van der Waals surface area contributed by atoms with Crippen LogP contribution in [-0.2, 0) is 9.53 Å². The normalized spacial score (nSPS) is 13.0. The van der Waals surface area contributed by atoms with E-state index in [2.05, 4.69) is 33.2 Å². The van der Waals surface area contributed by atoms with E-state index >= 15 is 0 Å².